The van der Waals surface area contributed by atoms with Crippen molar-refractivity contribution in [3.05, 3.63) is 53.8 Å². The van der Waals surface area contributed by atoms with Gasteiger partial charge in [-0.15, -0.1) is 0 Å². The van der Waals surface area contributed by atoms with Gasteiger partial charge in [-0.3, -0.25) is 9.88 Å². The Labute approximate surface area is 152 Å². The van der Waals surface area contributed by atoms with Crippen molar-refractivity contribution in [2.75, 3.05) is 31.1 Å². The fourth-order valence-corrected chi connectivity index (χ4v) is 3.23. The van der Waals surface area contributed by atoms with E-state index in [-0.39, 0.29) is 0 Å². The Hall–Kier alpha value is -2.80. The fourth-order valence-electron chi connectivity index (χ4n) is 3.23. The maximum atomic E-state index is 5.27. The van der Waals surface area contributed by atoms with Crippen molar-refractivity contribution in [1.82, 2.24) is 25.0 Å². The second-order valence-electron chi connectivity index (χ2n) is 6.55. The molecule has 1 saturated heterocycles. The summed E-state index contributed by atoms with van der Waals surface area (Å²) >= 11 is 0. The Bertz CT molecular complexity index is 851. The summed E-state index contributed by atoms with van der Waals surface area (Å²) < 4.78 is 5.27. The molecule has 1 aliphatic heterocycles. The highest BCUT2D eigenvalue weighted by Crippen LogP contribution is 2.20. The minimum atomic E-state index is 0.781. The second-order valence-corrected chi connectivity index (χ2v) is 6.55. The van der Waals surface area contributed by atoms with Crippen LogP contribution in [0.4, 0.5) is 5.95 Å². The smallest absolute Gasteiger partial charge is 0.225 e. The fraction of sp³-hybridized carbons (Fsp3) is 0.368. The van der Waals surface area contributed by atoms with E-state index in [1.165, 1.54) is 5.56 Å². The highest BCUT2D eigenvalue weighted by atomic mass is 16.5. The lowest BCUT2D eigenvalue weighted by Gasteiger charge is -2.34. The van der Waals surface area contributed by atoms with Crippen molar-refractivity contribution in [3.8, 4) is 11.3 Å². The molecule has 0 amide bonds. The van der Waals surface area contributed by atoms with Crippen LogP contribution >= 0.6 is 0 Å². The summed E-state index contributed by atoms with van der Waals surface area (Å²) in [5, 5.41) is 4.05. The average Bonchev–Trinajstić information content (AvgIpc) is 3.01. The van der Waals surface area contributed by atoms with E-state index < -0.39 is 0 Å². The molecule has 0 bridgehead atoms. The normalized spacial score (nSPS) is 15.4. The van der Waals surface area contributed by atoms with Crippen molar-refractivity contribution in [2.45, 2.75) is 20.4 Å². The lowest BCUT2D eigenvalue weighted by atomic mass is 10.2. The van der Waals surface area contributed by atoms with Gasteiger partial charge in [-0.2, -0.15) is 0 Å². The van der Waals surface area contributed by atoms with E-state index in [1.54, 1.807) is 6.20 Å². The van der Waals surface area contributed by atoms with E-state index in [4.69, 9.17) is 9.51 Å². The molecule has 0 spiro atoms. The first kappa shape index (κ1) is 16.7. The van der Waals surface area contributed by atoms with Gasteiger partial charge in [0.2, 0.25) is 5.95 Å². The van der Waals surface area contributed by atoms with E-state index in [0.717, 1.165) is 61.4 Å². The Balaban J connectivity index is 1.42. The molecule has 1 fully saturated rings. The molecule has 3 aromatic rings. The maximum absolute atomic E-state index is 5.27. The number of pyridine rings is 1. The number of rotatable bonds is 4. The zero-order valence-corrected chi connectivity index (χ0v) is 15.1. The molecule has 0 radical (unpaired) electrons. The standard InChI is InChI=1S/C19H22N6O/c1-14-17(15(2)26-23-14)13-24-8-10-25(11-9-24)19-21-7-5-18(22-19)16-4-3-6-20-12-16/h3-7,12H,8-11,13H2,1-2H3. The van der Waals surface area contributed by atoms with Crippen molar-refractivity contribution in [1.29, 1.82) is 0 Å². The quantitative estimate of drug-likeness (QED) is 0.716. The predicted octanol–water partition coefficient (Wildman–Crippen LogP) is 2.47. The highest BCUT2D eigenvalue weighted by Gasteiger charge is 2.21. The molecule has 0 atom stereocenters. The van der Waals surface area contributed by atoms with Gasteiger partial charge in [-0.1, -0.05) is 5.16 Å². The Kier molecular flexibility index (Phi) is 4.62. The van der Waals surface area contributed by atoms with Crippen LogP contribution in [0.3, 0.4) is 0 Å². The molecular weight excluding hydrogens is 328 g/mol. The molecule has 0 aliphatic carbocycles. The minimum absolute atomic E-state index is 0.781. The number of anilines is 1. The summed E-state index contributed by atoms with van der Waals surface area (Å²) in [6.07, 6.45) is 5.42. The topological polar surface area (TPSA) is 71.2 Å². The lowest BCUT2D eigenvalue weighted by molar-refractivity contribution is 0.247. The van der Waals surface area contributed by atoms with Crippen LogP contribution in [0, 0.1) is 13.8 Å². The Morgan fingerprint density at radius 1 is 1.08 bits per heavy atom. The van der Waals surface area contributed by atoms with E-state index in [1.807, 2.05) is 44.4 Å². The number of piperazine rings is 1. The molecule has 26 heavy (non-hydrogen) atoms. The third-order valence-electron chi connectivity index (χ3n) is 4.82. The number of aryl methyl sites for hydroxylation is 2. The van der Waals surface area contributed by atoms with Gasteiger partial charge in [0.25, 0.3) is 0 Å². The molecule has 0 aromatic carbocycles. The summed E-state index contributed by atoms with van der Waals surface area (Å²) in [6, 6.07) is 5.86. The molecule has 3 aromatic heterocycles. The van der Waals surface area contributed by atoms with Crippen molar-refractivity contribution < 1.29 is 4.52 Å². The van der Waals surface area contributed by atoms with E-state index >= 15 is 0 Å². The summed E-state index contributed by atoms with van der Waals surface area (Å²) in [6.45, 7) is 8.59. The van der Waals surface area contributed by atoms with Crippen molar-refractivity contribution in [3.63, 3.8) is 0 Å². The van der Waals surface area contributed by atoms with E-state index in [2.05, 4.69) is 24.9 Å². The molecule has 4 rings (SSSR count). The zero-order chi connectivity index (χ0) is 17.9. The van der Waals surface area contributed by atoms with Crippen molar-refractivity contribution >= 4 is 5.95 Å². The first-order valence-corrected chi connectivity index (χ1v) is 8.83. The van der Waals surface area contributed by atoms with E-state index in [9.17, 15) is 0 Å². The molecule has 7 heteroatoms. The molecule has 0 unspecified atom stereocenters. The summed E-state index contributed by atoms with van der Waals surface area (Å²) in [4.78, 5) is 18.0. The van der Waals surface area contributed by atoms with Crippen LogP contribution in [0.1, 0.15) is 17.0 Å². The van der Waals surface area contributed by atoms with Gasteiger partial charge in [-0.05, 0) is 32.0 Å². The molecule has 134 valence electrons. The second kappa shape index (κ2) is 7.21. The van der Waals surface area contributed by atoms with Crippen LogP contribution in [-0.2, 0) is 6.54 Å². The molecule has 1 aliphatic rings. The van der Waals surface area contributed by atoms with Crippen LogP contribution in [0.25, 0.3) is 11.3 Å². The lowest BCUT2D eigenvalue weighted by Crippen LogP contribution is -2.46. The van der Waals surface area contributed by atoms with E-state index in [0.29, 0.717) is 0 Å². The third kappa shape index (κ3) is 3.43. The largest absolute Gasteiger partial charge is 0.361 e. The predicted molar refractivity (Wildman–Crippen MR) is 98.7 cm³/mol. The van der Waals surface area contributed by atoms with Crippen molar-refractivity contribution in [2.24, 2.45) is 0 Å². The zero-order valence-electron chi connectivity index (χ0n) is 15.1. The van der Waals surface area contributed by atoms with Gasteiger partial charge in [0, 0.05) is 62.4 Å². The number of aromatic nitrogens is 4. The maximum Gasteiger partial charge on any atom is 0.225 e. The SMILES string of the molecule is Cc1noc(C)c1CN1CCN(c2nccc(-c3cccnc3)n2)CC1. The number of nitrogens with zero attached hydrogens (tertiary/aromatic N) is 6. The van der Waals surface area contributed by atoms with Crippen LogP contribution in [0.2, 0.25) is 0 Å². The Morgan fingerprint density at radius 3 is 2.62 bits per heavy atom. The number of hydrogen-bond donors (Lipinski definition) is 0. The average molecular weight is 350 g/mol. The van der Waals surface area contributed by atoms with Crippen LogP contribution in [0.15, 0.2) is 41.3 Å². The molecule has 0 N–H and O–H groups in total. The minimum Gasteiger partial charge on any atom is -0.361 e. The highest BCUT2D eigenvalue weighted by molar-refractivity contribution is 5.58. The molecule has 0 saturated carbocycles. The summed E-state index contributed by atoms with van der Waals surface area (Å²) in [7, 11) is 0. The van der Waals surface area contributed by atoms with Gasteiger partial charge < -0.3 is 9.42 Å². The number of hydrogen-bond acceptors (Lipinski definition) is 7. The first-order valence-electron chi connectivity index (χ1n) is 8.83. The van der Waals surface area contributed by atoms with Gasteiger partial charge in [0.05, 0.1) is 11.4 Å². The first-order chi connectivity index (χ1) is 12.7. The van der Waals surface area contributed by atoms with Gasteiger partial charge >= 0.3 is 0 Å². The summed E-state index contributed by atoms with van der Waals surface area (Å²) in [5.74, 6) is 1.70. The Morgan fingerprint density at radius 2 is 1.92 bits per heavy atom. The van der Waals surface area contributed by atoms with Gasteiger partial charge in [-0.25, -0.2) is 9.97 Å². The van der Waals surface area contributed by atoms with Gasteiger partial charge in [0.15, 0.2) is 0 Å². The van der Waals surface area contributed by atoms with Crippen LogP contribution in [0.5, 0.6) is 0 Å². The molecule has 4 heterocycles. The van der Waals surface area contributed by atoms with Crippen LogP contribution in [-0.4, -0.2) is 51.2 Å². The third-order valence-corrected chi connectivity index (χ3v) is 4.82. The van der Waals surface area contributed by atoms with Gasteiger partial charge in [0.1, 0.15) is 5.76 Å². The molecule has 7 nitrogen and oxygen atoms in total. The molecular formula is C19H22N6O. The summed E-state index contributed by atoms with van der Waals surface area (Å²) in [5.41, 5.74) is 4.10. The monoisotopic (exact) mass is 350 g/mol. The van der Waals surface area contributed by atoms with Crippen LogP contribution < -0.4 is 4.90 Å².